The fourth-order valence-electron chi connectivity index (χ4n) is 1.15. The molecule has 1 rings (SSSR count). The monoisotopic (exact) mass is 199 g/mol. The number of likely N-dealkylation sites (N-methyl/N-ethyl adjacent to an activating group) is 1. The van der Waals surface area contributed by atoms with E-state index in [9.17, 15) is 5.11 Å². The molecule has 0 spiro atoms. The number of hydrogen-bond donors (Lipinski definition) is 2. The Labute approximate surface area is 83.5 Å². The summed E-state index contributed by atoms with van der Waals surface area (Å²) in [5.74, 6) is 0.312. The molecular formula is C10H14ClNO. The van der Waals surface area contributed by atoms with Crippen molar-refractivity contribution < 1.29 is 5.11 Å². The van der Waals surface area contributed by atoms with Crippen molar-refractivity contribution in [1.82, 2.24) is 5.32 Å². The molecule has 1 unspecified atom stereocenters. The second-order valence-electron chi connectivity index (χ2n) is 3.17. The molecule has 0 aliphatic rings. The molecule has 0 saturated heterocycles. The first-order valence-electron chi connectivity index (χ1n) is 4.28. The highest BCUT2D eigenvalue weighted by atomic mass is 35.5. The maximum Gasteiger partial charge on any atom is 0.118 e. The molecule has 13 heavy (non-hydrogen) atoms. The third-order valence-electron chi connectivity index (χ3n) is 2.06. The lowest BCUT2D eigenvalue weighted by atomic mass is 10.1. The minimum absolute atomic E-state index is 0.312. The van der Waals surface area contributed by atoms with Gasteiger partial charge in [-0.15, -0.1) is 0 Å². The Bertz CT molecular complexity index is 288. The largest absolute Gasteiger partial charge is 0.508 e. The van der Waals surface area contributed by atoms with Crippen LogP contribution in [0.5, 0.6) is 5.75 Å². The van der Waals surface area contributed by atoms with Crippen molar-refractivity contribution in [2.75, 3.05) is 7.05 Å². The molecule has 72 valence electrons. The lowest BCUT2D eigenvalue weighted by Gasteiger charge is -2.11. The maximum absolute atomic E-state index is 9.49. The van der Waals surface area contributed by atoms with Gasteiger partial charge in [0.2, 0.25) is 0 Å². The van der Waals surface area contributed by atoms with Crippen LogP contribution in [0.3, 0.4) is 0 Å². The van der Waals surface area contributed by atoms with Crippen LogP contribution >= 0.6 is 11.6 Å². The zero-order valence-electron chi connectivity index (χ0n) is 7.84. The van der Waals surface area contributed by atoms with Crippen molar-refractivity contribution in [2.45, 2.75) is 19.4 Å². The molecule has 2 nitrogen and oxygen atoms in total. The van der Waals surface area contributed by atoms with Crippen LogP contribution in [-0.4, -0.2) is 18.2 Å². The van der Waals surface area contributed by atoms with Gasteiger partial charge in [0.25, 0.3) is 0 Å². The molecule has 0 amide bonds. The average molecular weight is 200 g/mol. The van der Waals surface area contributed by atoms with E-state index in [2.05, 4.69) is 12.2 Å². The summed E-state index contributed by atoms with van der Waals surface area (Å²) in [4.78, 5) is 0. The van der Waals surface area contributed by atoms with Gasteiger partial charge in [0, 0.05) is 11.1 Å². The summed E-state index contributed by atoms with van der Waals surface area (Å²) in [5, 5.41) is 13.3. The van der Waals surface area contributed by atoms with Crippen LogP contribution in [0.25, 0.3) is 0 Å². The lowest BCUT2D eigenvalue weighted by Crippen LogP contribution is -2.23. The van der Waals surface area contributed by atoms with Crippen LogP contribution in [0.1, 0.15) is 12.5 Å². The van der Waals surface area contributed by atoms with Gasteiger partial charge in [-0.3, -0.25) is 0 Å². The summed E-state index contributed by atoms with van der Waals surface area (Å²) in [6, 6.07) is 5.44. The molecule has 0 bridgehead atoms. The summed E-state index contributed by atoms with van der Waals surface area (Å²) >= 11 is 5.81. The first-order valence-corrected chi connectivity index (χ1v) is 4.66. The molecule has 0 heterocycles. The number of phenolic OH excluding ortho intramolecular Hbond substituents is 1. The minimum Gasteiger partial charge on any atom is -0.508 e. The van der Waals surface area contributed by atoms with E-state index in [1.54, 1.807) is 18.2 Å². The molecule has 0 radical (unpaired) electrons. The fraction of sp³-hybridized carbons (Fsp3) is 0.400. The fourth-order valence-corrected chi connectivity index (χ4v) is 1.34. The van der Waals surface area contributed by atoms with E-state index >= 15 is 0 Å². The molecule has 0 aliphatic carbocycles. The van der Waals surface area contributed by atoms with Gasteiger partial charge in [0.15, 0.2) is 0 Å². The molecule has 0 saturated carbocycles. The van der Waals surface area contributed by atoms with E-state index in [0.717, 1.165) is 12.0 Å². The molecule has 0 aromatic heterocycles. The van der Waals surface area contributed by atoms with Crippen LogP contribution in [0.15, 0.2) is 18.2 Å². The Morgan fingerprint density at radius 1 is 1.54 bits per heavy atom. The van der Waals surface area contributed by atoms with E-state index in [1.807, 2.05) is 7.05 Å². The Morgan fingerprint density at radius 2 is 2.23 bits per heavy atom. The van der Waals surface area contributed by atoms with Crippen LogP contribution < -0.4 is 5.32 Å². The summed E-state index contributed by atoms with van der Waals surface area (Å²) in [6.07, 6.45) is 0.781. The third kappa shape index (κ3) is 2.90. The highest BCUT2D eigenvalue weighted by Crippen LogP contribution is 2.22. The summed E-state index contributed by atoms with van der Waals surface area (Å²) in [6.45, 7) is 2.06. The zero-order valence-corrected chi connectivity index (χ0v) is 8.60. The normalized spacial score (nSPS) is 12.8. The van der Waals surface area contributed by atoms with Crippen molar-refractivity contribution >= 4 is 11.6 Å². The van der Waals surface area contributed by atoms with Crippen LogP contribution in [0.2, 0.25) is 5.02 Å². The molecule has 0 aliphatic heterocycles. The van der Waals surface area contributed by atoms with Gasteiger partial charge in [-0.1, -0.05) is 11.6 Å². The first kappa shape index (κ1) is 10.4. The first-order chi connectivity index (χ1) is 6.13. The molecule has 1 aromatic carbocycles. The van der Waals surface area contributed by atoms with Gasteiger partial charge in [-0.2, -0.15) is 0 Å². The second kappa shape index (κ2) is 4.49. The summed E-state index contributed by atoms with van der Waals surface area (Å²) < 4.78 is 0. The average Bonchev–Trinajstić information content (AvgIpc) is 2.11. The van der Waals surface area contributed by atoms with E-state index < -0.39 is 0 Å². The summed E-state index contributed by atoms with van der Waals surface area (Å²) in [5.41, 5.74) is 0.884. The third-order valence-corrected chi connectivity index (χ3v) is 2.30. The summed E-state index contributed by atoms with van der Waals surface area (Å²) in [7, 11) is 1.90. The topological polar surface area (TPSA) is 32.3 Å². The van der Waals surface area contributed by atoms with Crippen molar-refractivity contribution in [1.29, 1.82) is 0 Å². The Morgan fingerprint density at radius 3 is 2.85 bits per heavy atom. The van der Waals surface area contributed by atoms with Gasteiger partial charge in [0.1, 0.15) is 5.75 Å². The predicted molar refractivity (Wildman–Crippen MR) is 55.3 cm³/mol. The minimum atomic E-state index is 0.312. The van der Waals surface area contributed by atoms with Gasteiger partial charge >= 0.3 is 0 Å². The van der Waals surface area contributed by atoms with Crippen molar-refractivity contribution in [3.8, 4) is 5.75 Å². The van der Waals surface area contributed by atoms with Gasteiger partial charge in [-0.25, -0.2) is 0 Å². The zero-order chi connectivity index (χ0) is 9.84. The number of aromatic hydroxyl groups is 1. The van der Waals surface area contributed by atoms with Gasteiger partial charge in [-0.05, 0) is 44.2 Å². The van der Waals surface area contributed by atoms with Crippen molar-refractivity contribution in [3.63, 3.8) is 0 Å². The van der Waals surface area contributed by atoms with E-state index in [-0.39, 0.29) is 0 Å². The molecule has 3 heteroatoms. The maximum atomic E-state index is 9.49. The number of benzene rings is 1. The van der Waals surface area contributed by atoms with Crippen molar-refractivity contribution in [3.05, 3.63) is 28.8 Å². The highest BCUT2D eigenvalue weighted by Gasteiger charge is 2.05. The number of nitrogens with one attached hydrogen (secondary N) is 1. The van der Waals surface area contributed by atoms with E-state index in [1.165, 1.54) is 0 Å². The van der Waals surface area contributed by atoms with E-state index in [0.29, 0.717) is 16.8 Å². The Kier molecular flexibility index (Phi) is 3.58. The molecule has 1 atom stereocenters. The van der Waals surface area contributed by atoms with Crippen molar-refractivity contribution in [2.24, 2.45) is 0 Å². The Hall–Kier alpha value is -0.730. The number of rotatable bonds is 3. The van der Waals surface area contributed by atoms with Gasteiger partial charge < -0.3 is 10.4 Å². The Balaban J connectivity index is 2.81. The highest BCUT2D eigenvalue weighted by molar-refractivity contribution is 6.30. The van der Waals surface area contributed by atoms with Crippen LogP contribution in [0.4, 0.5) is 0 Å². The van der Waals surface area contributed by atoms with E-state index in [4.69, 9.17) is 11.6 Å². The number of halogens is 1. The quantitative estimate of drug-likeness (QED) is 0.783. The van der Waals surface area contributed by atoms with Crippen LogP contribution in [0, 0.1) is 0 Å². The molecule has 1 aromatic rings. The second-order valence-corrected chi connectivity index (χ2v) is 3.60. The SMILES string of the molecule is CNC(C)Cc1cc(Cl)ccc1O. The molecule has 2 N–H and O–H groups in total. The lowest BCUT2D eigenvalue weighted by molar-refractivity contribution is 0.462. The smallest absolute Gasteiger partial charge is 0.118 e. The predicted octanol–water partition coefficient (Wildman–Crippen LogP) is 2.20. The molecular weight excluding hydrogens is 186 g/mol. The van der Waals surface area contributed by atoms with Crippen LogP contribution in [-0.2, 0) is 6.42 Å². The van der Waals surface area contributed by atoms with Gasteiger partial charge in [0.05, 0.1) is 0 Å². The number of phenols is 1. The standard InChI is InChI=1S/C10H14ClNO/c1-7(12-2)5-8-6-9(11)3-4-10(8)13/h3-4,6-7,12-13H,5H2,1-2H3. The number of hydrogen-bond acceptors (Lipinski definition) is 2. The molecule has 0 fully saturated rings.